The Morgan fingerprint density at radius 1 is 1.41 bits per heavy atom. The van der Waals surface area contributed by atoms with Crippen LogP contribution in [0.4, 0.5) is 13.2 Å². The van der Waals surface area contributed by atoms with Gasteiger partial charge in [-0.1, -0.05) is 0 Å². The van der Waals surface area contributed by atoms with E-state index < -0.39 is 17.7 Å². The number of carboxylic acids is 1. The maximum absolute atomic E-state index is 12.4. The molecule has 0 saturated carbocycles. The first-order valence-corrected chi connectivity index (χ1v) is 4.49. The molecular formula is C9H6F3N3O2. The molecule has 0 spiro atoms. The number of nitrogens with zero attached hydrogens (tertiary/aromatic N) is 3. The molecule has 2 heterocycles. The molecule has 2 rings (SSSR count). The summed E-state index contributed by atoms with van der Waals surface area (Å²) in [7, 11) is 0. The highest BCUT2D eigenvalue weighted by atomic mass is 19.4. The fraction of sp³-hybridized carbons (Fsp3) is 0.222. The highest BCUT2D eigenvalue weighted by molar-refractivity contribution is 5.72. The Kier molecular flexibility index (Phi) is 2.49. The number of rotatable bonds is 2. The van der Waals surface area contributed by atoms with E-state index in [1.807, 2.05) is 0 Å². The van der Waals surface area contributed by atoms with Gasteiger partial charge in [0.1, 0.15) is 0 Å². The molecule has 0 amide bonds. The molecule has 2 aromatic rings. The lowest BCUT2D eigenvalue weighted by Gasteiger charge is -2.05. The number of halogens is 3. The lowest BCUT2D eigenvalue weighted by atomic mass is 10.2. The van der Waals surface area contributed by atoms with Gasteiger partial charge in [0.2, 0.25) is 0 Å². The van der Waals surface area contributed by atoms with Gasteiger partial charge in [-0.05, 0) is 0 Å². The maximum atomic E-state index is 12.4. The van der Waals surface area contributed by atoms with Gasteiger partial charge in [0, 0.05) is 18.0 Å². The molecule has 2 aromatic heterocycles. The smallest absolute Gasteiger partial charge is 0.419 e. The molecule has 0 bridgehead atoms. The molecule has 0 aliphatic carbocycles. The second-order valence-electron chi connectivity index (χ2n) is 3.35. The average molecular weight is 245 g/mol. The second-order valence-corrected chi connectivity index (χ2v) is 3.35. The Balaban J connectivity index is 2.48. The summed E-state index contributed by atoms with van der Waals surface area (Å²) in [5, 5.41) is 12.2. The Morgan fingerprint density at radius 3 is 2.71 bits per heavy atom. The van der Waals surface area contributed by atoms with Crippen molar-refractivity contribution in [3.05, 3.63) is 29.7 Å². The van der Waals surface area contributed by atoms with Crippen molar-refractivity contribution in [3.8, 4) is 0 Å². The van der Waals surface area contributed by atoms with Crippen LogP contribution in [0.1, 0.15) is 11.1 Å². The molecule has 17 heavy (non-hydrogen) atoms. The predicted molar refractivity (Wildman–Crippen MR) is 49.3 cm³/mol. The van der Waals surface area contributed by atoms with Crippen LogP contribution >= 0.6 is 0 Å². The van der Waals surface area contributed by atoms with Crippen LogP contribution in [0.25, 0.3) is 5.65 Å². The van der Waals surface area contributed by atoms with Gasteiger partial charge in [-0.25, -0.2) is 9.50 Å². The number of aromatic nitrogens is 3. The van der Waals surface area contributed by atoms with Gasteiger partial charge in [-0.3, -0.25) is 4.79 Å². The topological polar surface area (TPSA) is 67.5 Å². The van der Waals surface area contributed by atoms with E-state index in [4.69, 9.17) is 5.11 Å². The summed E-state index contributed by atoms with van der Waals surface area (Å²) in [5.41, 5.74) is -0.554. The number of hydrogen-bond donors (Lipinski definition) is 1. The summed E-state index contributed by atoms with van der Waals surface area (Å²) < 4.78 is 38.0. The van der Waals surface area contributed by atoms with Crippen LogP contribution in [0.5, 0.6) is 0 Å². The van der Waals surface area contributed by atoms with Crippen molar-refractivity contribution >= 4 is 11.6 Å². The zero-order valence-corrected chi connectivity index (χ0v) is 8.27. The lowest BCUT2D eigenvalue weighted by molar-refractivity contribution is -0.138. The molecule has 0 aliphatic rings. The van der Waals surface area contributed by atoms with Gasteiger partial charge < -0.3 is 5.11 Å². The fourth-order valence-corrected chi connectivity index (χ4v) is 1.36. The van der Waals surface area contributed by atoms with Crippen molar-refractivity contribution in [1.29, 1.82) is 0 Å². The number of fused-ring (bicyclic) bond motifs is 1. The Bertz CT molecular complexity index is 576. The van der Waals surface area contributed by atoms with Crippen molar-refractivity contribution in [2.24, 2.45) is 0 Å². The number of carboxylic acid groups (broad SMARTS) is 1. The standard InChI is InChI=1S/C9H6F3N3O2/c10-9(11,12)6-3-13-8-5(1-7(16)17)2-14-15(8)4-6/h2-4H,1H2,(H,16,17). The van der Waals surface area contributed by atoms with Crippen LogP contribution in [0.15, 0.2) is 18.6 Å². The van der Waals surface area contributed by atoms with Crippen molar-refractivity contribution < 1.29 is 23.1 Å². The normalized spacial score (nSPS) is 11.9. The van der Waals surface area contributed by atoms with E-state index >= 15 is 0 Å². The monoisotopic (exact) mass is 245 g/mol. The number of carbonyl (C=O) groups is 1. The second kappa shape index (κ2) is 3.72. The molecule has 0 unspecified atom stereocenters. The number of alkyl halides is 3. The SMILES string of the molecule is O=C(O)Cc1cnn2cc(C(F)(F)F)cnc12. The molecule has 0 atom stereocenters. The molecule has 90 valence electrons. The predicted octanol–water partition coefficient (Wildman–Crippen LogP) is 1.38. The highest BCUT2D eigenvalue weighted by Gasteiger charge is 2.31. The third-order valence-corrected chi connectivity index (χ3v) is 2.10. The molecule has 0 fully saturated rings. The van der Waals surface area contributed by atoms with Crippen LogP contribution in [-0.2, 0) is 17.4 Å². The summed E-state index contributed by atoms with van der Waals surface area (Å²) in [6.45, 7) is 0. The van der Waals surface area contributed by atoms with Crippen LogP contribution in [-0.4, -0.2) is 25.7 Å². The summed E-state index contributed by atoms with van der Waals surface area (Å²) in [6, 6.07) is 0. The van der Waals surface area contributed by atoms with E-state index in [9.17, 15) is 18.0 Å². The number of aliphatic carboxylic acids is 1. The summed E-state index contributed by atoms with van der Waals surface area (Å²) >= 11 is 0. The van der Waals surface area contributed by atoms with Gasteiger partial charge in [-0.2, -0.15) is 18.3 Å². The largest absolute Gasteiger partial charge is 0.481 e. The van der Waals surface area contributed by atoms with Crippen molar-refractivity contribution in [2.75, 3.05) is 0 Å². The van der Waals surface area contributed by atoms with Gasteiger partial charge in [0.05, 0.1) is 18.2 Å². The van der Waals surface area contributed by atoms with Gasteiger partial charge in [0.15, 0.2) is 5.65 Å². The summed E-state index contributed by atoms with van der Waals surface area (Å²) in [4.78, 5) is 14.1. The molecule has 1 N–H and O–H groups in total. The van der Waals surface area contributed by atoms with Crippen molar-refractivity contribution in [1.82, 2.24) is 14.6 Å². The molecule has 0 aliphatic heterocycles. The third-order valence-electron chi connectivity index (χ3n) is 2.10. The minimum atomic E-state index is -4.50. The van der Waals surface area contributed by atoms with Crippen LogP contribution < -0.4 is 0 Å². The van der Waals surface area contributed by atoms with E-state index in [0.717, 1.165) is 10.7 Å². The van der Waals surface area contributed by atoms with Crippen molar-refractivity contribution in [3.63, 3.8) is 0 Å². The van der Waals surface area contributed by atoms with E-state index in [1.54, 1.807) is 0 Å². The Labute approximate surface area is 92.5 Å². The quantitative estimate of drug-likeness (QED) is 0.867. The molecule has 0 radical (unpaired) electrons. The maximum Gasteiger partial charge on any atom is 0.419 e. The first-order chi connectivity index (χ1) is 7.88. The first-order valence-electron chi connectivity index (χ1n) is 4.49. The van der Waals surface area contributed by atoms with Gasteiger partial charge in [0.25, 0.3) is 0 Å². The molecular weight excluding hydrogens is 239 g/mol. The van der Waals surface area contributed by atoms with E-state index in [1.165, 1.54) is 6.20 Å². The average Bonchev–Trinajstić information content (AvgIpc) is 2.59. The Hall–Kier alpha value is -2.12. The molecule has 5 nitrogen and oxygen atoms in total. The van der Waals surface area contributed by atoms with E-state index in [2.05, 4.69) is 10.1 Å². The summed E-state index contributed by atoms with van der Waals surface area (Å²) in [5.74, 6) is -1.10. The summed E-state index contributed by atoms with van der Waals surface area (Å²) in [6.07, 6.45) is -2.21. The fourth-order valence-electron chi connectivity index (χ4n) is 1.36. The minimum Gasteiger partial charge on any atom is -0.481 e. The molecule has 8 heteroatoms. The minimum absolute atomic E-state index is 0.111. The zero-order valence-electron chi connectivity index (χ0n) is 8.27. The third kappa shape index (κ3) is 2.19. The van der Waals surface area contributed by atoms with Gasteiger partial charge in [-0.15, -0.1) is 0 Å². The lowest BCUT2D eigenvalue weighted by Crippen LogP contribution is -2.08. The van der Waals surface area contributed by atoms with Crippen LogP contribution in [0.2, 0.25) is 0 Å². The van der Waals surface area contributed by atoms with E-state index in [0.29, 0.717) is 6.20 Å². The molecule has 0 saturated heterocycles. The molecule has 0 aromatic carbocycles. The van der Waals surface area contributed by atoms with Crippen LogP contribution in [0.3, 0.4) is 0 Å². The zero-order chi connectivity index (χ0) is 12.6. The number of hydrogen-bond acceptors (Lipinski definition) is 3. The van der Waals surface area contributed by atoms with E-state index in [-0.39, 0.29) is 17.6 Å². The van der Waals surface area contributed by atoms with Crippen LogP contribution in [0, 0.1) is 0 Å². The van der Waals surface area contributed by atoms with Crippen molar-refractivity contribution in [2.45, 2.75) is 12.6 Å². The van der Waals surface area contributed by atoms with Gasteiger partial charge >= 0.3 is 12.1 Å². The Morgan fingerprint density at radius 2 is 2.12 bits per heavy atom. The first kappa shape index (κ1) is 11.4. The highest BCUT2D eigenvalue weighted by Crippen LogP contribution is 2.28.